The highest BCUT2D eigenvalue weighted by molar-refractivity contribution is 5.96. The molecule has 4 heteroatoms. The van der Waals surface area contributed by atoms with Crippen LogP contribution >= 0.6 is 0 Å². The van der Waals surface area contributed by atoms with E-state index in [1.807, 2.05) is 31.3 Å². The molecule has 1 aromatic carbocycles. The molecule has 0 aliphatic carbocycles. The van der Waals surface area contributed by atoms with Gasteiger partial charge in [-0.1, -0.05) is 31.5 Å². The van der Waals surface area contributed by atoms with Crippen molar-refractivity contribution in [2.75, 3.05) is 18.9 Å². The van der Waals surface area contributed by atoms with Gasteiger partial charge in [-0.15, -0.1) is 0 Å². The van der Waals surface area contributed by atoms with Crippen molar-refractivity contribution in [3.8, 4) is 0 Å². The molecule has 0 aromatic heterocycles. The summed E-state index contributed by atoms with van der Waals surface area (Å²) in [6.07, 6.45) is 3.91. The van der Waals surface area contributed by atoms with E-state index in [1.54, 1.807) is 4.90 Å². The Morgan fingerprint density at radius 3 is 2.90 bits per heavy atom. The van der Waals surface area contributed by atoms with Gasteiger partial charge in [0.2, 0.25) is 11.8 Å². The largest absolute Gasteiger partial charge is 0.346 e. The number of para-hydroxylation sites is 1. The molecule has 1 aliphatic rings. The summed E-state index contributed by atoms with van der Waals surface area (Å²) in [6, 6.07) is 7.87. The van der Waals surface area contributed by atoms with E-state index in [2.05, 4.69) is 12.2 Å². The maximum absolute atomic E-state index is 12.1. The number of amides is 2. The number of nitrogens with zero attached hydrogens (tertiary/aromatic N) is 1. The number of nitrogens with one attached hydrogen (secondary N) is 1. The van der Waals surface area contributed by atoms with Gasteiger partial charge < -0.3 is 10.2 Å². The quantitative estimate of drug-likeness (QED) is 0.875. The molecule has 1 heterocycles. The molecule has 4 nitrogen and oxygen atoms in total. The Morgan fingerprint density at radius 1 is 1.38 bits per heavy atom. The smallest absolute Gasteiger partial charge is 0.227 e. The highest BCUT2D eigenvalue weighted by Crippen LogP contribution is 2.27. The zero-order valence-electron chi connectivity index (χ0n) is 12.9. The van der Waals surface area contributed by atoms with Gasteiger partial charge >= 0.3 is 0 Å². The molecule has 0 spiro atoms. The molecule has 114 valence electrons. The lowest BCUT2D eigenvalue weighted by Gasteiger charge is -2.25. The molecular weight excluding hydrogens is 264 g/mol. The van der Waals surface area contributed by atoms with Crippen LogP contribution < -0.4 is 5.32 Å². The lowest BCUT2D eigenvalue weighted by Crippen LogP contribution is -2.32. The zero-order chi connectivity index (χ0) is 15.2. The number of carbonyl (C=O) groups is 2. The Hall–Kier alpha value is -1.84. The van der Waals surface area contributed by atoms with E-state index in [-0.39, 0.29) is 17.7 Å². The van der Waals surface area contributed by atoms with Crippen molar-refractivity contribution in [3.05, 3.63) is 29.8 Å². The summed E-state index contributed by atoms with van der Waals surface area (Å²) in [5.41, 5.74) is 2.07. The molecule has 21 heavy (non-hydrogen) atoms. The number of fused-ring (bicyclic) bond motifs is 1. The third-order valence-electron chi connectivity index (χ3n) is 4.09. The van der Waals surface area contributed by atoms with E-state index in [4.69, 9.17) is 0 Å². The first kappa shape index (κ1) is 15.5. The number of unbranched alkanes of at least 4 members (excludes halogenated alkanes) is 1. The summed E-state index contributed by atoms with van der Waals surface area (Å²) in [6.45, 7) is 2.91. The Morgan fingerprint density at radius 2 is 2.14 bits per heavy atom. The summed E-state index contributed by atoms with van der Waals surface area (Å²) in [5, 5.41) is 2.93. The second kappa shape index (κ2) is 7.25. The van der Waals surface area contributed by atoms with Crippen molar-refractivity contribution in [2.24, 2.45) is 5.92 Å². The van der Waals surface area contributed by atoms with E-state index in [0.717, 1.165) is 37.1 Å². The number of benzene rings is 1. The van der Waals surface area contributed by atoms with Crippen LogP contribution in [0.15, 0.2) is 24.3 Å². The van der Waals surface area contributed by atoms with Crippen molar-refractivity contribution in [1.82, 2.24) is 4.90 Å². The number of hydrogen-bond donors (Lipinski definition) is 1. The fourth-order valence-corrected chi connectivity index (χ4v) is 2.65. The highest BCUT2D eigenvalue weighted by Gasteiger charge is 2.26. The average Bonchev–Trinajstić information content (AvgIpc) is 2.50. The average molecular weight is 288 g/mol. The van der Waals surface area contributed by atoms with Crippen LogP contribution in [-0.2, 0) is 16.0 Å². The Labute approximate surface area is 126 Å². The second-order valence-electron chi connectivity index (χ2n) is 5.75. The summed E-state index contributed by atoms with van der Waals surface area (Å²) >= 11 is 0. The van der Waals surface area contributed by atoms with Gasteiger partial charge in [0, 0.05) is 31.6 Å². The summed E-state index contributed by atoms with van der Waals surface area (Å²) in [7, 11) is 1.84. The number of anilines is 1. The molecule has 2 amide bonds. The zero-order valence-corrected chi connectivity index (χ0v) is 12.9. The molecule has 1 aliphatic heterocycles. The van der Waals surface area contributed by atoms with E-state index in [9.17, 15) is 9.59 Å². The molecule has 0 fully saturated rings. The maximum Gasteiger partial charge on any atom is 0.227 e. The van der Waals surface area contributed by atoms with Crippen LogP contribution in [0.5, 0.6) is 0 Å². The third-order valence-corrected chi connectivity index (χ3v) is 4.09. The third kappa shape index (κ3) is 4.06. The van der Waals surface area contributed by atoms with Gasteiger partial charge in [0.15, 0.2) is 0 Å². The van der Waals surface area contributed by atoms with Gasteiger partial charge in [0.1, 0.15) is 0 Å². The second-order valence-corrected chi connectivity index (χ2v) is 5.75. The molecular formula is C17H24N2O2. The molecule has 1 atom stereocenters. The number of hydrogen-bond acceptors (Lipinski definition) is 2. The van der Waals surface area contributed by atoms with E-state index < -0.39 is 0 Å². The fourth-order valence-electron chi connectivity index (χ4n) is 2.65. The van der Waals surface area contributed by atoms with E-state index >= 15 is 0 Å². The monoisotopic (exact) mass is 288 g/mol. The van der Waals surface area contributed by atoms with Crippen LogP contribution in [0, 0.1) is 5.92 Å². The first-order valence-electron chi connectivity index (χ1n) is 7.74. The minimum Gasteiger partial charge on any atom is -0.346 e. The lowest BCUT2D eigenvalue weighted by atomic mass is 9.89. The first-order valence-corrected chi connectivity index (χ1v) is 7.74. The van der Waals surface area contributed by atoms with Crippen molar-refractivity contribution in [3.63, 3.8) is 0 Å². The van der Waals surface area contributed by atoms with Gasteiger partial charge in [-0.3, -0.25) is 9.59 Å². The minimum absolute atomic E-state index is 0.0395. The molecule has 1 unspecified atom stereocenters. The van der Waals surface area contributed by atoms with E-state index in [0.29, 0.717) is 12.8 Å². The molecule has 0 bridgehead atoms. The molecule has 0 saturated heterocycles. The highest BCUT2D eigenvalue weighted by atomic mass is 16.2. The van der Waals surface area contributed by atoms with Gasteiger partial charge in [-0.2, -0.15) is 0 Å². The van der Waals surface area contributed by atoms with Crippen LogP contribution in [0.25, 0.3) is 0 Å². The summed E-state index contributed by atoms with van der Waals surface area (Å²) in [5.74, 6) is 0.0799. The molecule has 0 radical (unpaired) electrons. The lowest BCUT2D eigenvalue weighted by molar-refractivity contribution is -0.130. The van der Waals surface area contributed by atoms with Crippen LogP contribution in [0.1, 0.15) is 38.2 Å². The van der Waals surface area contributed by atoms with Crippen LogP contribution in [0.4, 0.5) is 5.69 Å². The molecule has 1 N–H and O–H groups in total. The number of rotatable bonds is 6. The Bertz CT molecular complexity index is 513. The molecule has 0 saturated carbocycles. The Kier molecular flexibility index (Phi) is 5.37. The fraction of sp³-hybridized carbons (Fsp3) is 0.529. The SMILES string of the molecule is CCCCN(C)C(=O)CCC1Cc2ccccc2NC1=O. The van der Waals surface area contributed by atoms with Crippen molar-refractivity contribution >= 4 is 17.5 Å². The van der Waals surface area contributed by atoms with Crippen LogP contribution in [0.3, 0.4) is 0 Å². The van der Waals surface area contributed by atoms with E-state index in [1.165, 1.54) is 0 Å². The van der Waals surface area contributed by atoms with Crippen LogP contribution in [-0.4, -0.2) is 30.3 Å². The maximum atomic E-state index is 12.1. The number of carbonyl (C=O) groups excluding carboxylic acids is 2. The summed E-state index contributed by atoms with van der Waals surface area (Å²) in [4.78, 5) is 25.9. The molecule has 1 aromatic rings. The normalized spacial score (nSPS) is 17.0. The topological polar surface area (TPSA) is 49.4 Å². The van der Waals surface area contributed by atoms with Crippen molar-refractivity contribution < 1.29 is 9.59 Å². The van der Waals surface area contributed by atoms with Gasteiger partial charge in [-0.25, -0.2) is 0 Å². The summed E-state index contributed by atoms with van der Waals surface area (Å²) < 4.78 is 0. The predicted octanol–water partition coefficient (Wildman–Crippen LogP) is 2.84. The van der Waals surface area contributed by atoms with Crippen molar-refractivity contribution in [2.45, 2.75) is 39.0 Å². The van der Waals surface area contributed by atoms with Gasteiger partial charge in [0.25, 0.3) is 0 Å². The van der Waals surface area contributed by atoms with Crippen molar-refractivity contribution in [1.29, 1.82) is 0 Å². The first-order chi connectivity index (χ1) is 10.1. The van der Waals surface area contributed by atoms with Gasteiger partial charge in [-0.05, 0) is 30.9 Å². The predicted molar refractivity (Wildman–Crippen MR) is 84.0 cm³/mol. The van der Waals surface area contributed by atoms with Gasteiger partial charge in [0.05, 0.1) is 0 Å². The Balaban J connectivity index is 1.86. The minimum atomic E-state index is -0.0941. The standard InChI is InChI=1S/C17H24N2O2/c1-3-4-11-19(2)16(20)10-9-14-12-13-7-5-6-8-15(13)18-17(14)21/h5-8,14H,3-4,9-12H2,1-2H3,(H,18,21). The van der Waals surface area contributed by atoms with Crippen LogP contribution in [0.2, 0.25) is 0 Å². The molecule has 2 rings (SSSR count).